The predicted molar refractivity (Wildman–Crippen MR) is 113 cm³/mol. The summed E-state index contributed by atoms with van der Waals surface area (Å²) in [5, 5.41) is 2.02. The molecule has 29 heavy (non-hydrogen) atoms. The summed E-state index contributed by atoms with van der Waals surface area (Å²) in [5.74, 6) is 2.12. The van der Waals surface area contributed by atoms with Crippen LogP contribution in [0.2, 0.25) is 0 Å². The fourth-order valence-corrected chi connectivity index (χ4v) is 3.86. The molecule has 2 aromatic carbocycles. The summed E-state index contributed by atoms with van der Waals surface area (Å²) in [4.78, 5) is 16.1. The van der Waals surface area contributed by atoms with Gasteiger partial charge in [0.1, 0.15) is 25.6 Å². The number of ether oxygens (including phenoxy) is 3. The van der Waals surface area contributed by atoms with Crippen LogP contribution < -0.4 is 14.2 Å². The second-order valence-electron chi connectivity index (χ2n) is 6.66. The molecule has 4 rings (SSSR count). The zero-order valence-electron chi connectivity index (χ0n) is 16.3. The molecule has 1 aromatic heterocycles. The fourth-order valence-electron chi connectivity index (χ4n) is 3.24. The van der Waals surface area contributed by atoms with Gasteiger partial charge >= 0.3 is 0 Å². The van der Waals surface area contributed by atoms with Gasteiger partial charge in [0, 0.05) is 29.1 Å². The Morgan fingerprint density at radius 1 is 1.10 bits per heavy atom. The molecule has 0 N–H and O–H groups in total. The lowest BCUT2D eigenvalue weighted by Gasteiger charge is -2.25. The molecular formula is C23H23NO4S. The first-order chi connectivity index (χ1) is 14.2. The van der Waals surface area contributed by atoms with Crippen LogP contribution in [-0.4, -0.2) is 30.6 Å². The van der Waals surface area contributed by atoms with Gasteiger partial charge in [0.25, 0.3) is 5.91 Å². The van der Waals surface area contributed by atoms with Crippen LogP contribution in [0.3, 0.4) is 0 Å². The van der Waals surface area contributed by atoms with Crippen LogP contribution in [0.4, 0.5) is 0 Å². The van der Waals surface area contributed by atoms with E-state index >= 15 is 0 Å². The SMILES string of the molecule is CCN(Cc1cccc2c1OCCO2)C(=O)c1cccc(OCc2cccs2)c1. The standard InChI is InChI=1S/C23H23NO4S/c1-2-24(15-18-7-4-10-21-22(18)27-12-11-26-21)23(25)17-6-3-8-19(14-17)28-16-20-9-5-13-29-20/h3-10,13-14H,2,11-12,15-16H2,1H3. The van der Waals surface area contributed by atoms with Gasteiger partial charge in [-0.15, -0.1) is 11.3 Å². The summed E-state index contributed by atoms with van der Waals surface area (Å²) in [6, 6.07) is 17.2. The first kappa shape index (κ1) is 19.3. The summed E-state index contributed by atoms with van der Waals surface area (Å²) in [5.41, 5.74) is 1.56. The van der Waals surface area contributed by atoms with Crippen molar-refractivity contribution in [1.29, 1.82) is 0 Å². The van der Waals surface area contributed by atoms with Crippen molar-refractivity contribution in [1.82, 2.24) is 4.90 Å². The number of hydrogen-bond acceptors (Lipinski definition) is 5. The first-order valence-electron chi connectivity index (χ1n) is 9.66. The molecule has 0 spiro atoms. The molecule has 5 nitrogen and oxygen atoms in total. The van der Waals surface area contributed by atoms with Gasteiger partial charge in [-0.3, -0.25) is 4.79 Å². The van der Waals surface area contributed by atoms with Gasteiger partial charge in [0.15, 0.2) is 11.5 Å². The van der Waals surface area contributed by atoms with E-state index in [9.17, 15) is 4.79 Å². The Hall–Kier alpha value is -2.99. The average Bonchev–Trinajstić information content (AvgIpc) is 3.29. The van der Waals surface area contributed by atoms with E-state index in [0.29, 0.717) is 44.2 Å². The highest BCUT2D eigenvalue weighted by molar-refractivity contribution is 7.09. The van der Waals surface area contributed by atoms with Gasteiger partial charge in [-0.2, -0.15) is 0 Å². The number of rotatable bonds is 7. The Labute approximate surface area is 174 Å². The first-order valence-corrected chi connectivity index (χ1v) is 10.5. The number of benzene rings is 2. The Bertz CT molecular complexity index is 971. The normalized spacial score (nSPS) is 12.4. The van der Waals surface area contributed by atoms with E-state index in [1.54, 1.807) is 22.3 Å². The molecule has 150 valence electrons. The number of amides is 1. The quantitative estimate of drug-likeness (QED) is 0.564. The second kappa shape index (κ2) is 9.01. The summed E-state index contributed by atoms with van der Waals surface area (Å²) in [6.07, 6.45) is 0. The van der Waals surface area contributed by atoms with Crippen molar-refractivity contribution in [3.8, 4) is 17.2 Å². The maximum absolute atomic E-state index is 13.1. The highest BCUT2D eigenvalue weighted by Gasteiger charge is 2.20. The van der Waals surface area contributed by atoms with Crippen molar-refractivity contribution in [2.45, 2.75) is 20.1 Å². The Morgan fingerprint density at radius 3 is 2.79 bits per heavy atom. The van der Waals surface area contributed by atoms with Crippen LogP contribution >= 0.6 is 11.3 Å². The monoisotopic (exact) mass is 409 g/mol. The molecule has 2 heterocycles. The lowest BCUT2D eigenvalue weighted by molar-refractivity contribution is 0.0748. The largest absolute Gasteiger partial charge is 0.488 e. The number of carbonyl (C=O) groups excluding carboxylic acids is 1. The Balaban J connectivity index is 1.48. The number of carbonyl (C=O) groups is 1. The molecule has 0 saturated heterocycles. The maximum Gasteiger partial charge on any atom is 0.254 e. The minimum absolute atomic E-state index is 0.0385. The fraction of sp³-hybridized carbons (Fsp3) is 0.261. The molecule has 0 aliphatic carbocycles. The number of hydrogen-bond donors (Lipinski definition) is 0. The minimum Gasteiger partial charge on any atom is -0.488 e. The lowest BCUT2D eigenvalue weighted by atomic mass is 10.1. The van der Waals surface area contributed by atoms with E-state index in [4.69, 9.17) is 14.2 Å². The summed E-state index contributed by atoms with van der Waals surface area (Å²) in [6.45, 7) is 4.59. The predicted octanol–water partition coefficient (Wildman–Crippen LogP) is 4.76. The number of fused-ring (bicyclic) bond motifs is 1. The summed E-state index contributed by atoms with van der Waals surface area (Å²) >= 11 is 1.65. The average molecular weight is 410 g/mol. The zero-order valence-corrected chi connectivity index (χ0v) is 17.1. The number of thiophene rings is 1. The van der Waals surface area contributed by atoms with Crippen LogP contribution in [0.15, 0.2) is 60.0 Å². The van der Waals surface area contributed by atoms with Crippen molar-refractivity contribution in [3.63, 3.8) is 0 Å². The maximum atomic E-state index is 13.1. The zero-order chi connectivity index (χ0) is 20.1. The van der Waals surface area contributed by atoms with Crippen molar-refractivity contribution in [3.05, 3.63) is 76.0 Å². The third-order valence-electron chi connectivity index (χ3n) is 4.72. The summed E-state index contributed by atoms with van der Waals surface area (Å²) < 4.78 is 17.3. The van der Waals surface area contributed by atoms with Crippen molar-refractivity contribution in [2.75, 3.05) is 19.8 Å². The molecule has 3 aromatic rings. The van der Waals surface area contributed by atoms with Gasteiger partial charge in [-0.1, -0.05) is 24.3 Å². The minimum atomic E-state index is -0.0385. The lowest BCUT2D eigenvalue weighted by Crippen LogP contribution is -2.31. The number of nitrogens with zero attached hydrogens (tertiary/aromatic N) is 1. The highest BCUT2D eigenvalue weighted by atomic mass is 32.1. The van der Waals surface area contributed by atoms with Gasteiger partial charge in [0.2, 0.25) is 0 Å². The molecule has 0 bridgehead atoms. The van der Waals surface area contributed by atoms with E-state index in [1.807, 2.05) is 60.8 Å². The Morgan fingerprint density at radius 2 is 1.97 bits per heavy atom. The molecule has 1 amide bonds. The van der Waals surface area contributed by atoms with Gasteiger partial charge in [-0.25, -0.2) is 0 Å². The topological polar surface area (TPSA) is 48.0 Å². The molecule has 0 fully saturated rings. The third-order valence-corrected chi connectivity index (χ3v) is 5.57. The highest BCUT2D eigenvalue weighted by Crippen LogP contribution is 2.34. The van der Waals surface area contributed by atoms with Crippen molar-refractivity contribution < 1.29 is 19.0 Å². The van der Waals surface area contributed by atoms with Crippen LogP contribution in [0.5, 0.6) is 17.2 Å². The van der Waals surface area contributed by atoms with E-state index in [2.05, 4.69) is 0 Å². The van der Waals surface area contributed by atoms with Crippen LogP contribution in [0.1, 0.15) is 27.7 Å². The van der Waals surface area contributed by atoms with Crippen molar-refractivity contribution >= 4 is 17.2 Å². The van der Waals surface area contributed by atoms with Crippen LogP contribution in [0, 0.1) is 0 Å². The molecule has 1 aliphatic heterocycles. The van der Waals surface area contributed by atoms with Gasteiger partial charge in [-0.05, 0) is 42.6 Å². The molecular weight excluding hydrogens is 386 g/mol. The molecule has 0 radical (unpaired) electrons. The Kier molecular flexibility index (Phi) is 6.00. The van der Waals surface area contributed by atoms with Gasteiger partial charge in [0.05, 0.1) is 0 Å². The molecule has 0 atom stereocenters. The third kappa shape index (κ3) is 4.54. The molecule has 6 heteroatoms. The van der Waals surface area contributed by atoms with E-state index in [-0.39, 0.29) is 5.91 Å². The van der Waals surface area contributed by atoms with Crippen molar-refractivity contribution in [2.24, 2.45) is 0 Å². The molecule has 0 saturated carbocycles. The smallest absolute Gasteiger partial charge is 0.254 e. The second-order valence-corrected chi connectivity index (χ2v) is 7.69. The van der Waals surface area contributed by atoms with Gasteiger partial charge < -0.3 is 19.1 Å². The number of para-hydroxylation sites is 1. The molecule has 0 unspecified atom stereocenters. The van der Waals surface area contributed by atoms with Crippen LogP contribution in [0.25, 0.3) is 0 Å². The van der Waals surface area contributed by atoms with E-state index in [1.165, 1.54) is 0 Å². The van der Waals surface area contributed by atoms with Crippen LogP contribution in [-0.2, 0) is 13.2 Å². The van der Waals surface area contributed by atoms with E-state index in [0.717, 1.165) is 21.9 Å². The molecule has 1 aliphatic rings. The van der Waals surface area contributed by atoms with E-state index < -0.39 is 0 Å². The summed E-state index contributed by atoms with van der Waals surface area (Å²) in [7, 11) is 0.